The fourth-order valence-corrected chi connectivity index (χ4v) is 0.812. The fraction of sp³-hybridized carbons (Fsp3) is 0.125. The van der Waals surface area contributed by atoms with Gasteiger partial charge >= 0.3 is 0 Å². The quantitative estimate of drug-likeness (QED) is 0.263. The highest BCUT2D eigenvalue weighted by Gasteiger charge is 1.92. The van der Waals surface area contributed by atoms with E-state index < -0.39 is 0 Å². The van der Waals surface area contributed by atoms with Crippen molar-refractivity contribution in [3.63, 3.8) is 0 Å². The Balaban J connectivity index is 2.60. The van der Waals surface area contributed by atoms with Crippen molar-refractivity contribution in [2.45, 2.75) is 6.54 Å². The number of benzene rings is 1. The Morgan fingerprint density at radius 3 is 2.54 bits per heavy atom. The molecule has 5 N–H and O–H groups in total. The third kappa shape index (κ3) is 3.08. The first-order valence-corrected chi connectivity index (χ1v) is 3.73. The van der Waals surface area contributed by atoms with E-state index in [1.165, 1.54) is 12.1 Å². The van der Waals surface area contributed by atoms with Crippen molar-refractivity contribution in [1.29, 1.82) is 0 Å². The summed E-state index contributed by atoms with van der Waals surface area (Å²) < 4.78 is 12.5. The largest absolute Gasteiger partial charge is 0.369 e. The van der Waals surface area contributed by atoms with Crippen LogP contribution in [0.3, 0.4) is 0 Å². The minimum atomic E-state index is -0.266. The van der Waals surface area contributed by atoms with E-state index in [0.717, 1.165) is 5.56 Å². The van der Waals surface area contributed by atoms with Gasteiger partial charge in [-0.25, -0.2) is 15.2 Å². The van der Waals surface area contributed by atoms with Crippen LogP contribution in [0.1, 0.15) is 5.56 Å². The van der Waals surface area contributed by atoms with Gasteiger partial charge in [0.1, 0.15) is 5.82 Å². The highest BCUT2D eigenvalue weighted by atomic mass is 19.1. The summed E-state index contributed by atoms with van der Waals surface area (Å²) in [6.45, 7) is 0.385. The van der Waals surface area contributed by atoms with Crippen LogP contribution in [0.15, 0.2) is 29.3 Å². The number of guanidine groups is 1. The molecule has 0 aliphatic carbocycles. The first-order chi connectivity index (χ1) is 6.22. The summed E-state index contributed by atoms with van der Waals surface area (Å²) in [5, 5.41) is 0. The van der Waals surface area contributed by atoms with E-state index in [1.54, 1.807) is 12.1 Å². The predicted molar refractivity (Wildman–Crippen MR) is 49.0 cm³/mol. The van der Waals surface area contributed by atoms with Gasteiger partial charge in [0.25, 0.3) is 0 Å². The molecule has 1 aromatic carbocycles. The molecule has 1 rings (SSSR count). The van der Waals surface area contributed by atoms with Gasteiger partial charge in [0.05, 0.1) is 6.54 Å². The third-order valence-electron chi connectivity index (χ3n) is 1.49. The van der Waals surface area contributed by atoms with Gasteiger partial charge in [0.15, 0.2) is 0 Å². The number of hydrogen-bond donors (Lipinski definition) is 3. The van der Waals surface area contributed by atoms with Crippen LogP contribution in [0.4, 0.5) is 4.39 Å². The number of hydrogen-bond acceptors (Lipinski definition) is 2. The van der Waals surface area contributed by atoms with Gasteiger partial charge in [-0.05, 0) is 17.7 Å². The Labute approximate surface area is 75.4 Å². The molecule has 0 fully saturated rings. The molecule has 0 heterocycles. The van der Waals surface area contributed by atoms with Gasteiger partial charge in [0, 0.05) is 0 Å². The first kappa shape index (κ1) is 9.47. The maximum atomic E-state index is 12.5. The molecule has 0 radical (unpaired) electrons. The lowest BCUT2D eigenvalue weighted by Crippen LogP contribution is -2.37. The van der Waals surface area contributed by atoms with Crippen molar-refractivity contribution in [3.8, 4) is 0 Å². The Morgan fingerprint density at radius 1 is 1.38 bits per heavy atom. The molecule has 0 saturated carbocycles. The van der Waals surface area contributed by atoms with E-state index in [4.69, 9.17) is 11.6 Å². The topological polar surface area (TPSA) is 76.4 Å². The number of halogens is 1. The Hall–Kier alpha value is -1.62. The van der Waals surface area contributed by atoms with Crippen LogP contribution in [0.2, 0.25) is 0 Å². The smallest absolute Gasteiger partial charge is 0.203 e. The lowest BCUT2D eigenvalue weighted by atomic mass is 10.2. The van der Waals surface area contributed by atoms with Crippen LogP contribution < -0.4 is 17.0 Å². The van der Waals surface area contributed by atoms with Crippen molar-refractivity contribution >= 4 is 5.96 Å². The van der Waals surface area contributed by atoms with Gasteiger partial charge < -0.3 is 5.73 Å². The maximum Gasteiger partial charge on any atom is 0.203 e. The van der Waals surface area contributed by atoms with Crippen molar-refractivity contribution in [2.24, 2.45) is 16.6 Å². The molecule has 13 heavy (non-hydrogen) atoms. The van der Waals surface area contributed by atoms with Gasteiger partial charge in [-0.2, -0.15) is 0 Å². The highest BCUT2D eigenvalue weighted by molar-refractivity contribution is 5.77. The van der Waals surface area contributed by atoms with Crippen LogP contribution in [0.5, 0.6) is 0 Å². The number of hydrazine groups is 1. The molecule has 0 aliphatic rings. The van der Waals surface area contributed by atoms with Gasteiger partial charge in [-0.1, -0.05) is 12.1 Å². The summed E-state index contributed by atoms with van der Waals surface area (Å²) >= 11 is 0. The molecule has 0 spiro atoms. The molecular formula is C8H11FN4. The Morgan fingerprint density at radius 2 is 2.00 bits per heavy atom. The SMILES string of the molecule is NNC(N)=NCc1ccc(F)cc1. The second-order valence-electron chi connectivity index (χ2n) is 2.47. The van der Waals surface area contributed by atoms with Crippen molar-refractivity contribution in [3.05, 3.63) is 35.6 Å². The molecule has 0 aromatic heterocycles. The molecule has 4 nitrogen and oxygen atoms in total. The highest BCUT2D eigenvalue weighted by Crippen LogP contribution is 2.03. The molecule has 5 heteroatoms. The van der Waals surface area contributed by atoms with Gasteiger partial charge in [-0.3, -0.25) is 5.43 Å². The predicted octanol–water partition coefficient (Wildman–Crippen LogP) is 0.104. The van der Waals surface area contributed by atoms with E-state index in [9.17, 15) is 4.39 Å². The molecule has 70 valence electrons. The van der Waals surface area contributed by atoms with Crippen molar-refractivity contribution in [2.75, 3.05) is 0 Å². The lowest BCUT2D eigenvalue weighted by Gasteiger charge is -1.98. The van der Waals surface area contributed by atoms with Gasteiger partial charge in [-0.15, -0.1) is 0 Å². The summed E-state index contributed by atoms with van der Waals surface area (Å²) in [6, 6.07) is 6.03. The lowest BCUT2D eigenvalue weighted by molar-refractivity contribution is 0.627. The summed E-state index contributed by atoms with van der Waals surface area (Å²) in [6.07, 6.45) is 0. The summed E-state index contributed by atoms with van der Waals surface area (Å²) in [5.41, 5.74) is 8.37. The molecule has 0 aliphatic heterocycles. The van der Waals surface area contributed by atoms with E-state index in [2.05, 4.69) is 10.4 Å². The van der Waals surface area contributed by atoms with Crippen LogP contribution >= 0.6 is 0 Å². The monoisotopic (exact) mass is 182 g/mol. The van der Waals surface area contributed by atoms with Crippen LogP contribution in [0, 0.1) is 5.82 Å². The molecule has 0 bridgehead atoms. The zero-order valence-electron chi connectivity index (χ0n) is 7.00. The zero-order valence-corrected chi connectivity index (χ0v) is 7.00. The van der Waals surface area contributed by atoms with E-state index in [-0.39, 0.29) is 11.8 Å². The van der Waals surface area contributed by atoms with E-state index in [1.807, 2.05) is 0 Å². The molecule has 0 amide bonds. The van der Waals surface area contributed by atoms with Crippen molar-refractivity contribution in [1.82, 2.24) is 5.43 Å². The number of nitrogens with two attached hydrogens (primary N) is 2. The second-order valence-corrected chi connectivity index (χ2v) is 2.47. The van der Waals surface area contributed by atoms with E-state index >= 15 is 0 Å². The Kier molecular flexibility index (Phi) is 3.22. The fourth-order valence-electron chi connectivity index (χ4n) is 0.812. The number of nitrogens with zero attached hydrogens (tertiary/aromatic N) is 1. The first-order valence-electron chi connectivity index (χ1n) is 3.73. The number of rotatable bonds is 2. The zero-order chi connectivity index (χ0) is 9.68. The standard InChI is InChI=1S/C8H11FN4/c9-7-3-1-6(2-4-7)5-12-8(10)13-11/h1-4H,5,11H2,(H3,10,12,13). The molecular weight excluding hydrogens is 171 g/mol. The van der Waals surface area contributed by atoms with Crippen LogP contribution in [-0.2, 0) is 6.54 Å². The van der Waals surface area contributed by atoms with Crippen molar-refractivity contribution < 1.29 is 4.39 Å². The normalized spacial score (nSPS) is 11.4. The number of aliphatic imine (C=N–C) groups is 1. The maximum absolute atomic E-state index is 12.5. The summed E-state index contributed by atoms with van der Waals surface area (Å²) in [7, 11) is 0. The van der Waals surface area contributed by atoms with Gasteiger partial charge in [0.2, 0.25) is 5.96 Å². The van der Waals surface area contributed by atoms with Crippen LogP contribution in [-0.4, -0.2) is 5.96 Å². The minimum absolute atomic E-state index is 0.157. The summed E-state index contributed by atoms with van der Waals surface area (Å²) in [4.78, 5) is 3.88. The van der Waals surface area contributed by atoms with E-state index in [0.29, 0.717) is 6.54 Å². The number of nitrogens with one attached hydrogen (secondary N) is 1. The summed E-state index contributed by atoms with van der Waals surface area (Å²) in [5.74, 6) is 4.89. The molecule has 0 unspecified atom stereocenters. The third-order valence-corrected chi connectivity index (χ3v) is 1.49. The average molecular weight is 182 g/mol. The Bertz CT molecular complexity index is 294. The molecule has 0 saturated heterocycles. The van der Waals surface area contributed by atoms with Crippen LogP contribution in [0.25, 0.3) is 0 Å². The second kappa shape index (κ2) is 4.42. The average Bonchev–Trinajstić information content (AvgIpc) is 2.16. The minimum Gasteiger partial charge on any atom is -0.369 e. The molecule has 1 aromatic rings. The molecule has 0 atom stereocenters.